The smallest absolute Gasteiger partial charge is 0.322 e. The van der Waals surface area contributed by atoms with Crippen LogP contribution in [0.1, 0.15) is 15.9 Å². The number of aliphatic carboxylic acids is 1. The molecule has 0 aromatic heterocycles. The first-order valence-corrected chi connectivity index (χ1v) is 5.81. The zero-order valence-corrected chi connectivity index (χ0v) is 10.3. The van der Waals surface area contributed by atoms with Gasteiger partial charge in [0, 0.05) is 5.56 Å². The fraction of sp³-hybridized carbons (Fsp3) is 0.385. The molecule has 0 spiro atoms. The predicted octanol–water partition coefficient (Wildman–Crippen LogP) is 1.01. The van der Waals surface area contributed by atoms with Crippen LogP contribution in [0.5, 0.6) is 11.5 Å². The lowest BCUT2D eigenvalue weighted by atomic mass is 9.77. The standard InChI is InChI=1S/C13H12O6/c1-7-2-9-10(19-6-18-9)3-8(7)11(14)13(12(15)16)4-17-5-13/h2-3H,4-6H2,1H3,(H,15,16). The van der Waals surface area contributed by atoms with Crippen LogP contribution in [0.4, 0.5) is 0 Å². The molecule has 6 heteroatoms. The first-order valence-electron chi connectivity index (χ1n) is 5.81. The lowest BCUT2D eigenvalue weighted by Crippen LogP contribution is -2.55. The van der Waals surface area contributed by atoms with Gasteiger partial charge in [0.25, 0.3) is 0 Å². The second-order valence-corrected chi connectivity index (χ2v) is 4.73. The van der Waals surface area contributed by atoms with Crippen molar-refractivity contribution in [1.29, 1.82) is 0 Å². The first-order chi connectivity index (χ1) is 9.04. The Balaban J connectivity index is 2.03. The molecule has 1 saturated heterocycles. The number of ketones is 1. The Bertz CT molecular complexity index is 573. The third-order valence-electron chi connectivity index (χ3n) is 3.51. The number of carbonyl (C=O) groups excluding carboxylic acids is 1. The zero-order valence-electron chi connectivity index (χ0n) is 10.3. The van der Waals surface area contributed by atoms with Crippen molar-refractivity contribution in [2.24, 2.45) is 5.41 Å². The molecule has 3 rings (SSSR count). The number of hydrogen-bond donors (Lipinski definition) is 1. The molecule has 0 amide bonds. The van der Waals surface area contributed by atoms with Crippen LogP contribution in [0, 0.1) is 12.3 Å². The maximum Gasteiger partial charge on any atom is 0.322 e. The summed E-state index contributed by atoms with van der Waals surface area (Å²) in [6.07, 6.45) is 0. The number of benzene rings is 1. The van der Waals surface area contributed by atoms with Gasteiger partial charge in [0.15, 0.2) is 22.7 Å². The molecule has 1 aromatic carbocycles. The van der Waals surface area contributed by atoms with Crippen LogP contribution in [-0.4, -0.2) is 36.9 Å². The number of rotatable bonds is 3. The predicted molar refractivity (Wildman–Crippen MR) is 62.5 cm³/mol. The van der Waals surface area contributed by atoms with E-state index in [1.165, 1.54) is 0 Å². The van der Waals surface area contributed by atoms with Gasteiger partial charge >= 0.3 is 5.97 Å². The van der Waals surface area contributed by atoms with Crippen LogP contribution < -0.4 is 9.47 Å². The van der Waals surface area contributed by atoms with Gasteiger partial charge in [-0.2, -0.15) is 0 Å². The molecule has 2 aliphatic heterocycles. The van der Waals surface area contributed by atoms with Crippen LogP contribution in [-0.2, 0) is 9.53 Å². The monoisotopic (exact) mass is 264 g/mol. The average Bonchev–Trinajstić information content (AvgIpc) is 2.72. The van der Waals surface area contributed by atoms with E-state index in [2.05, 4.69) is 0 Å². The number of aryl methyl sites for hydroxylation is 1. The molecular weight excluding hydrogens is 252 g/mol. The Kier molecular flexibility index (Phi) is 2.50. The van der Waals surface area contributed by atoms with Crippen molar-refractivity contribution in [3.63, 3.8) is 0 Å². The van der Waals surface area contributed by atoms with Crippen molar-refractivity contribution >= 4 is 11.8 Å². The largest absolute Gasteiger partial charge is 0.480 e. The van der Waals surface area contributed by atoms with Gasteiger partial charge in [-0.25, -0.2) is 0 Å². The summed E-state index contributed by atoms with van der Waals surface area (Å²) < 4.78 is 15.3. The van der Waals surface area contributed by atoms with Gasteiger partial charge < -0.3 is 19.3 Å². The van der Waals surface area contributed by atoms with E-state index in [4.69, 9.17) is 14.2 Å². The summed E-state index contributed by atoms with van der Waals surface area (Å²) in [4.78, 5) is 23.8. The molecule has 2 heterocycles. The van der Waals surface area contributed by atoms with Gasteiger partial charge in [0.1, 0.15) is 0 Å². The number of carboxylic acid groups (broad SMARTS) is 1. The molecule has 1 aromatic rings. The van der Waals surface area contributed by atoms with Gasteiger partial charge in [-0.15, -0.1) is 0 Å². The first kappa shape index (κ1) is 12.0. The van der Waals surface area contributed by atoms with Crippen LogP contribution >= 0.6 is 0 Å². The van der Waals surface area contributed by atoms with E-state index >= 15 is 0 Å². The van der Waals surface area contributed by atoms with E-state index < -0.39 is 17.2 Å². The summed E-state index contributed by atoms with van der Waals surface area (Å²) in [5.41, 5.74) is -0.449. The topological polar surface area (TPSA) is 82.1 Å². The second-order valence-electron chi connectivity index (χ2n) is 4.73. The van der Waals surface area contributed by atoms with Crippen molar-refractivity contribution in [1.82, 2.24) is 0 Å². The van der Waals surface area contributed by atoms with Crippen LogP contribution in [0.2, 0.25) is 0 Å². The summed E-state index contributed by atoms with van der Waals surface area (Å²) in [5, 5.41) is 9.24. The third-order valence-corrected chi connectivity index (χ3v) is 3.51. The van der Waals surface area contributed by atoms with Crippen LogP contribution in [0.3, 0.4) is 0 Å². The van der Waals surface area contributed by atoms with E-state index in [1.807, 2.05) is 0 Å². The summed E-state index contributed by atoms with van der Waals surface area (Å²) in [5.74, 6) is -0.555. The highest BCUT2D eigenvalue weighted by Gasteiger charge is 2.53. The van der Waals surface area contributed by atoms with Crippen molar-refractivity contribution in [3.8, 4) is 11.5 Å². The molecule has 1 fully saturated rings. The minimum absolute atomic E-state index is 0.0882. The van der Waals surface area contributed by atoms with Crippen molar-refractivity contribution in [2.45, 2.75) is 6.92 Å². The minimum Gasteiger partial charge on any atom is -0.480 e. The van der Waals surface area contributed by atoms with E-state index in [0.29, 0.717) is 22.6 Å². The molecule has 0 unspecified atom stereocenters. The Hall–Kier alpha value is -2.08. The minimum atomic E-state index is -1.46. The molecule has 0 bridgehead atoms. The maximum absolute atomic E-state index is 12.5. The fourth-order valence-electron chi connectivity index (χ4n) is 2.20. The molecule has 19 heavy (non-hydrogen) atoms. The number of fused-ring (bicyclic) bond motifs is 1. The molecule has 0 saturated carbocycles. The van der Waals surface area contributed by atoms with E-state index in [-0.39, 0.29) is 20.0 Å². The second kappa shape index (κ2) is 3.96. The summed E-state index contributed by atoms with van der Waals surface area (Å²) in [6, 6.07) is 3.23. The lowest BCUT2D eigenvalue weighted by Gasteiger charge is -2.36. The number of carboxylic acids is 1. The molecule has 6 nitrogen and oxygen atoms in total. The lowest BCUT2D eigenvalue weighted by molar-refractivity contribution is -0.169. The van der Waals surface area contributed by atoms with Crippen molar-refractivity contribution in [2.75, 3.05) is 20.0 Å². The Morgan fingerprint density at radius 3 is 2.37 bits per heavy atom. The normalized spacial score (nSPS) is 18.8. The van der Waals surface area contributed by atoms with Gasteiger partial charge in [-0.3, -0.25) is 9.59 Å². The summed E-state index contributed by atoms with van der Waals surface area (Å²) in [6.45, 7) is 1.67. The maximum atomic E-state index is 12.5. The van der Waals surface area contributed by atoms with Gasteiger partial charge in [0.05, 0.1) is 13.2 Å². The zero-order chi connectivity index (χ0) is 13.6. The third kappa shape index (κ3) is 1.60. The van der Waals surface area contributed by atoms with Gasteiger partial charge in [-0.1, -0.05) is 0 Å². The molecule has 100 valence electrons. The van der Waals surface area contributed by atoms with Crippen LogP contribution in [0.15, 0.2) is 12.1 Å². The number of ether oxygens (including phenoxy) is 3. The molecule has 0 aliphatic carbocycles. The molecule has 0 atom stereocenters. The van der Waals surface area contributed by atoms with E-state index in [9.17, 15) is 14.7 Å². The SMILES string of the molecule is Cc1cc2c(cc1C(=O)C1(C(=O)O)COC1)OCO2. The van der Waals surface area contributed by atoms with Crippen molar-refractivity contribution in [3.05, 3.63) is 23.3 Å². The van der Waals surface area contributed by atoms with Crippen molar-refractivity contribution < 1.29 is 28.9 Å². The number of hydrogen-bond acceptors (Lipinski definition) is 5. The Labute approximate surface area is 108 Å². The molecule has 1 N–H and O–H groups in total. The van der Waals surface area contributed by atoms with Gasteiger partial charge in [-0.05, 0) is 24.6 Å². The molecule has 2 aliphatic rings. The Morgan fingerprint density at radius 1 is 1.21 bits per heavy atom. The number of Topliss-reactive ketones (excluding diaryl/α,β-unsaturated/α-hetero) is 1. The number of carbonyl (C=O) groups is 2. The molecular formula is C13H12O6. The fourth-order valence-corrected chi connectivity index (χ4v) is 2.20. The Morgan fingerprint density at radius 2 is 1.84 bits per heavy atom. The van der Waals surface area contributed by atoms with E-state index in [0.717, 1.165) is 0 Å². The quantitative estimate of drug-likeness (QED) is 0.648. The summed E-state index contributed by atoms with van der Waals surface area (Å²) in [7, 11) is 0. The highest BCUT2D eigenvalue weighted by molar-refractivity contribution is 6.14. The molecule has 0 radical (unpaired) electrons. The summed E-state index contributed by atoms with van der Waals surface area (Å²) >= 11 is 0. The average molecular weight is 264 g/mol. The van der Waals surface area contributed by atoms with E-state index in [1.54, 1.807) is 19.1 Å². The highest BCUT2D eigenvalue weighted by atomic mass is 16.7. The van der Waals surface area contributed by atoms with Gasteiger partial charge in [0.2, 0.25) is 6.79 Å². The van der Waals surface area contributed by atoms with Crippen LogP contribution in [0.25, 0.3) is 0 Å². The highest BCUT2D eigenvalue weighted by Crippen LogP contribution is 2.39.